The maximum atomic E-state index is 11.0. The predicted molar refractivity (Wildman–Crippen MR) is 64.0 cm³/mol. The molecule has 0 aliphatic heterocycles. The van der Waals surface area contributed by atoms with E-state index in [1.165, 1.54) is 0 Å². The molecular formula is C13H18O4. The number of methoxy groups -OCH3 is 1. The average molecular weight is 238 g/mol. The van der Waals surface area contributed by atoms with Crippen molar-refractivity contribution >= 4 is 5.97 Å². The zero-order valence-electron chi connectivity index (χ0n) is 10.3. The molecule has 4 heteroatoms. The van der Waals surface area contributed by atoms with Gasteiger partial charge in [0.2, 0.25) is 0 Å². The lowest BCUT2D eigenvalue weighted by Gasteiger charge is -2.23. The molecule has 0 aromatic heterocycles. The quantitative estimate of drug-likeness (QED) is 0.825. The first-order valence-corrected chi connectivity index (χ1v) is 5.42. The Hall–Kier alpha value is -1.55. The van der Waals surface area contributed by atoms with E-state index >= 15 is 0 Å². The van der Waals surface area contributed by atoms with Crippen molar-refractivity contribution in [2.24, 2.45) is 5.41 Å². The van der Waals surface area contributed by atoms with E-state index in [4.69, 9.17) is 9.84 Å². The van der Waals surface area contributed by atoms with Crippen molar-refractivity contribution in [3.8, 4) is 5.75 Å². The molecule has 0 bridgehead atoms. The Bertz CT molecular complexity index is 398. The molecule has 1 rings (SSSR count). The van der Waals surface area contributed by atoms with Crippen LogP contribution in [0.5, 0.6) is 5.75 Å². The molecule has 0 saturated carbocycles. The summed E-state index contributed by atoms with van der Waals surface area (Å²) in [5.74, 6) is -0.269. The van der Waals surface area contributed by atoms with Crippen LogP contribution in [0, 0.1) is 5.41 Å². The third-order valence-electron chi connectivity index (χ3n) is 2.76. The maximum absolute atomic E-state index is 11.0. The lowest BCUT2D eigenvalue weighted by molar-refractivity contribution is -0.148. The molecule has 1 atom stereocenters. The molecule has 1 unspecified atom stereocenters. The third-order valence-corrected chi connectivity index (χ3v) is 2.76. The number of carboxylic acids is 1. The highest BCUT2D eigenvalue weighted by Crippen LogP contribution is 2.31. The van der Waals surface area contributed by atoms with Gasteiger partial charge in [-0.2, -0.15) is 0 Å². The van der Waals surface area contributed by atoms with E-state index in [2.05, 4.69) is 0 Å². The summed E-state index contributed by atoms with van der Waals surface area (Å²) < 4.78 is 5.06. The van der Waals surface area contributed by atoms with Crippen LogP contribution < -0.4 is 4.74 Å². The number of carboxylic acid groups (broad SMARTS) is 1. The Balaban J connectivity index is 2.82. The van der Waals surface area contributed by atoms with Gasteiger partial charge in [0, 0.05) is 0 Å². The highest BCUT2D eigenvalue weighted by atomic mass is 16.5. The van der Waals surface area contributed by atoms with Crippen molar-refractivity contribution in [2.45, 2.75) is 26.4 Å². The predicted octanol–water partition coefficient (Wildman–Crippen LogP) is 2.23. The number of carbonyl (C=O) groups is 1. The average Bonchev–Trinajstić information content (AvgIpc) is 2.28. The summed E-state index contributed by atoms with van der Waals surface area (Å²) in [6, 6.07) is 7.01. The first-order chi connectivity index (χ1) is 7.86. The molecule has 4 nitrogen and oxygen atoms in total. The largest absolute Gasteiger partial charge is 0.497 e. The van der Waals surface area contributed by atoms with E-state index < -0.39 is 17.5 Å². The van der Waals surface area contributed by atoms with Crippen LogP contribution in [-0.2, 0) is 4.79 Å². The van der Waals surface area contributed by atoms with Gasteiger partial charge < -0.3 is 14.9 Å². The highest BCUT2D eigenvalue weighted by Gasteiger charge is 2.30. The second-order valence-electron chi connectivity index (χ2n) is 4.69. The van der Waals surface area contributed by atoms with Gasteiger partial charge in [-0.3, -0.25) is 4.79 Å². The molecule has 17 heavy (non-hydrogen) atoms. The minimum absolute atomic E-state index is 0.162. The van der Waals surface area contributed by atoms with Crippen molar-refractivity contribution in [3.05, 3.63) is 29.8 Å². The van der Waals surface area contributed by atoms with Crippen LogP contribution >= 0.6 is 0 Å². The Labute approximate surface area is 101 Å². The summed E-state index contributed by atoms with van der Waals surface area (Å²) in [6.07, 6.45) is -0.647. The number of aliphatic hydroxyl groups excluding tert-OH is 1. The number of hydrogen-bond donors (Lipinski definition) is 2. The van der Waals surface area contributed by atoms with Crippen molar-refractivity contribution in [1.82, 2.24) is 0 Å². The number of aliphatic carboxylic acids is 1. The Morgan fingerprint density at radius 1 is 1.47 bits per heavy atom. The summed E-state index contributed by atoms with van der Waals surface area (Å²) >= 11 is 0. The Morgan fingerprint density at radius 3 is 2.65 bits per heavy atom. The van der Waals surface area contributed by atoms with Gasteiger partial charge in [0.15, 0.2) is 0 Å². The zero-order valence-corrected chi connectivity index (χ0v) is 10.3. The third kappa shape index (κ3) is 3.46. The minimum Gasteiger partial charge on any atom is -0.497 e. The lowest BCUT2D eigenvalue weighted by atomic mass is 9.85. The fourth-order valence-electron chi connectivity index (χ4n) is 1.54. The second kappa shape index (κ2) is 5.19. The summed E-state index contributed by atoms with van der Waals surface area (Å²) in [4.78, 5) is 11.0. The van der Waals surface area contributed by atoms with E-state index in [-0.39, 0.29) is 6.42 Å². The van der Waals surface area contributed by atoms with E-state index in [1.807, 2.05) is 0 Å². The van der Waals surface area contributed by atoms with Gasteiger partial charge >= 0.3 is 5.97 Å². The summed E-state index contributed by atoms with van der Waals surface area (Å²) in [6.45, 7) is 3.19. The van der Waals surface area contributed by atoms with Crippen LogP contribution in [0.15, 0.2) is 24.3 Å². The monoisotopic (exact) mass is 238 g/mol. The Kier molecular flexibility index (Phi) is 4.12. The minimum atomic E-state index is -0.956. The number of benzene rings is 1. The zero-order chi connectivity index (χ0) is 13.1. The molecule has 1 aromatic rings. The smallest absolute Gasteiger partial charge is 0.309 e. The number of aliphatic hydroxyl groups is 1. The van der Waals surface area contributed by atoms with Crippen molar-refractivity contribution in [1.29, 1.82) is 0 Å². The molecule has 0 radical (unpaired) electrons. The van der Waals surface area contributed by atoms with Gasteiger partial charge in [0.25, 0.3) is 0 Å². The van der Waals surface area contributed by atoms with Crippen LogP contribution in [-0.4, -0.2) is 23.3 Å². The second-order valence-corrected chi connectivity index (χ2v) is 4.69. The summed E-state index contributed by atoms with van der Waals surface area (Å²) in [5.41, 5.74) is -0.290. The van der Waals surface area contributed by atoms with Crippen LogP contribution in [0.3, 0.4) is 0 Å². The molecule has 0 fully saturated rings. The fourth-order valence-corrected chi connectivity index (χ4v) is 1.54. The van der Waals surface area contributed by atoms with Crippen LogP contribution in [0.2, 0.25) is 0 Å². The van der Waals surface area contributed by atoms with Crippen molar-refractivity contribution in [2.75, 3.05) is 7.11 Å². The van der Waals surface area contributed by atoms with Crippen LogP contribution in [0.4, 0.5) is 0 Å². The highest BCUT2D eigenvalue weighted by molar-refractivity contribution is 5.73. The number of hydrogen-bond acceptors (Lipinski definition) is 3. The van der Waals surface area contributed by atoms with E-state index in [9.17, 15) is 9.90 Å². The number of rotatable bonds is 5. The van der Waals surface area contributed by atoms with E-state index in [1.54, 1.807) is 45.2 Å². The normalized spacial score (nSPS) is 13.2. The first-order valence-electron chi connectivity index (χ1n) is 5.42. The van der Waals surface area contributed by atoms with Crippen LogP contribution in [0.25, 0.3) is 0 Å². The van der Waals surface area contributed by atoms with Gasteiger partial charge in [-0.05, 0) is 38.0 Å². The van der Waals surface area contributed by atoms with Gasteiger partial charge in [-0.1, -0.05) is 12.1 Å². The molecule has 0 aliphatic carbocycles. The first kappa shape index (κ1) is 13.5. The van der Waals surface area contributed by atoms with E-state index in [0.29, 0.717) is 11.3 Å². The molecule has 94 valence electrons. The van der Waals surface area contributed by atoms with Crippen molar-refractivity contribution in [3.63, 3.8) is 0 Å². The van der Waals surface area contributed by atoms with Crippen LogP contribution in [0.1, 0.15) is 31.9 Å². The topological polar surface area (TPSA) is 66.8 Å². The fraction of sp³-hybridized carbons (Fsp3) is 0.462. The summed E-state index contributed by atoms with van der Waals surface area (Å²) in [7, 11) is 1.55. The maximum Gasteiger partial charge on any atom is 0.309 e. The molecule has 2 N–H and O–H groups in total. The molecule has 0 aliphatic rings. The van der Waals surface area contributed by atoms with E-state index in [0.717, 1.165) is 0 Å². The number of ether oxygens (including phenoxy) is 1. The van der Waals surface area contributed by atoms with Gasteiger partial charge in [-0.15, -0.1) is 0 Å². The van der Waals surface area contributed by atoms with Gasteiger partial charge in [0.05, 0.1) is 18.6 Å². The molecule has 1 aromatic carbocycles. The van der Waals surface area contributed by atoms with Gasteiger partial charge in [0.1, 0.15) is 5.75 Å². The Morgan fingerprint density at radius 2 is 2.12 bits per heavy atom. The molecule has 0 spiro atoms. The molecule has 0 heterocycles. The van der Waals surface area contributed by atoms with Crippen molar-refractivity contribution < 1.29 is 19.7 Å². The SMILES string of the molecule is COc1cccc(C(O)CC(C)(C)C(=O)O)c1. The molecule has 0 saturated heterocycles. The lowest BCUT2D eigenvalue weighted by Crippen LogP contribution is -2.26. The summed E-state index contributed by atoms with van der Waals surface area (Å²) in [5, 5.41) is 19.0. The molecule has 0 amide bonds. The standard InChI is InChI=1S/C13H18O4/c1-13(2,12(15)16)8-11(14)9-5-4-6-10(7-9)17-3/h4-7,11,14H,8H2,1-3H3,(H,15,16). The van der Waals surface area contributed by atoms with Gasteiger partial charge in [-0.25, -0.2) is 0 Å². The molecular weight excluding hydrogens is 220 g/mol.